The van der Waals surface area contributed by atoms with Crippen molar-refractivity contribution in [3.8, 4) is 0 Å². The Kier molecular flexibility index (Phi) is 13.1. The molecule has 0 unspecified atom stereocenters. The van der Waals surface area contributed by atoms with Crippen LogP contribution in [0.4, 0.5) is 0 Å². The molecule has 0 aromatic rings. The quantitative estimate of drug-likeness (QED) is 0.443. The molecule has 0 atom stereocenters. The molecular formula is C7H12N2O2. The molecule has 0 rings (SSSR count). The zero-order chi connectivity index (χ0) is 9.11. The monoisotopic (exact) mass is 156 g/mol. The number of aliphatic imine (C=N–C) groups is 2. The smallest absolute Gasteiger partial charge is 0.211 e. The molecule has 4 heteroatoms. The van der Waals surface area contributed by atoms with Gasteiger partial charge in [-0.2, -0.15) is 0 Å². The summed E-state index contributed by atoms with van der Waals surface area (Å²) in [5.74, 6) is 0. The summed E-state index contributed by atoms with van der Waals surface area (Å²) in [6.45, 7) is 5.98. The minimum atomic E-state index is 0.0995. The summed E-state index contributed by atoms with van der Waals surface area (Å²) in [6.07, 6.45) is 2.83. The van der Waals surface area contributed by atoms with Gasteiger partial charge in [0.1, 0.15) is 0 Å². The minimum absolute atomic E-state index is 0.0995. The third kappa shape index (κ3) is 28.3. The molecule has 0 spiro atoms. The molecule has 0 saturated carbocycles. The predicted molar refractivity (Wildman–Crippen MR) is 41.9 cm³/mol. The van der Waals surface area contributed by atoms with E-state index in [0.29, 0.717) is 6.54 Å². The highest BCUT2D eigenvalue weighted by molar-refractivity contribution is 5.33. The summed E-state index contributed by atoms with van der Waals surface area (Å²) in [4.78, 5) is 24.9. The van der Waals surface area contributed by atoms with Gasteiger partial charge in [0.15, 0.2) is 0 Å². The first kappa shape index (κ1) is 12.4. The van der Waals surface area contributed by atoms with E-state index in [1.54, 1.807) is 6.92 Å². The fraction of sp³-hybridized carbons (Fsp3) is 0.714. The van der Waals surface area contributed by atoms with Crippen molar-refractivity contribution < 1.29 is 9.59 Å². The highest BCUT2D eigenvalue weighted by Gasteiger charge is 1.78. The van der Waals surface area contributed by atoms with Gasteiger partial charge in [0.2, 0.25) is 12.2 Å². The molecule has 62 valence electrons. The molecule has 4 nitrogen and oxygen atoms in total. The maximum absolute atomic E-state index is 9.32. The van der Waals surface area contributed by atoms with E-state index in [2.05, 4.69) is 9.98 Å². The molecule has 0 N–H and O–H groups in total. The van der Waals surface area contributed by atoms with Gasteiger partial charge in [0.05, 0.1) is 6.04 Å². The van der Waals surface area contributed by atoms with Gasteiger partial charge < -0.3 is 0 Å². The average Bonchev–Trinajstić information content (AvgIpc) is 1.90. The molecule has 0 radical (unpaired) electrons. The highest BCUT2D eigenvalue weighted by atomic mass is 16.1. The topological polar surface area (TPSA) is 58.9 Å². The second-order valence-corrected chi connectivity index (χ2v) is 1.88. The van der Waals surface area contributed by atoms with Crippen molar-refractivity contribution in [3.05, 3.63) is 0 Å². The van der Waals surface area contributed by atoms with Crippen molar-refractivity contribution in [1.82, 2.24) is 0 Å². The van der Waals surface area contributed by atoms with Crippen LogP contribution in [-0.2, 0) is 9.59 Å². The standard InChI is InChI=1S/C4H7NO.C3H5NO/c1-4(2)5-3-6;1-2-4-3-5/h4H,1-2H3;2H2,1H3. The van der Waals surface area contributed by atoms with Crippen molar-refractivity contribution in [2.24, 2.45) is 9.98 Å². The summed E-state index contributed by atoms with van der Waals surface area (Å²) in [7, 11) is 0. The van der Waals surface area contributed by atoms with E-state index in [4.69, 9.17) is 4.79 Å². The molecule has 0 aliphatic carbocycles. The van der Waals surface area contributed by atoms with Crippen molar-refractivity contribution in [2.75, 3.05) is 6.54 Å². The van der Waals surface area contributed by atoms with Crippen LogP contribution in [0.25, 0.3) is 0 Å². The largest absolute Gasteiger partial charge is 0.235 e. The van der Waals surface area contributed by atoms with Crippen LogP contribution >= 0.6 is 0 Å². The van der Waals surface area contributed by atoms with Gasteiger partial charge in [-0.25, -0.2) is 19.6 Å². The van der Waals surface area contributed by atoms with E-state index in [1.807, 2.05) is 13.8 Å². The molecule has 11 heavy (non-hydrogen) atoms. The number of rotatable bonds is 2. The SMILES string of the molecule is CC(C)N=C=O.CCN=C=O. The van der Waals surface area contributed by atoms with Crippen LogP contribution in [0.3, 0.4) is 0 Å². The lowest BCUT2D eigenvalue weighted by Crippen LogP contribution is -1.83. The summed E-state index contributed by atoms with van der Waals surface area (Å²) in [6, 6.07) is 0.0995. The van der Waals surface area contributed by atoms with E-state index in [9.17, 15) is 4.79 Å². The van der Waals surface area contributed by atoms with E-state index < -0.39 is 0 Å². The third-order valence-corrected chi connectivity index (χ3v) is 0.534. The number of hydrogen-bond donors (Lipinski definition) is 0. The van der Waals surface area contributed by atoms with Crippen LogP contribution < -0.4 is 0 Å². The van der Waals surface area contributed by atoms with Crippen LogP contribution in [-0.4, -0.2) is 24.7 Å². The Hall–Kier alpha value is -1.24. The molecule has 0 heterocycles. The third-order valence-electron chi connectivity index (χ3n) is 0.534. The summed E-state index contributed by atoms with van der Waals surface area (Å²) in [5, 5.41) is 0. The van der Waals surface area contributed by atoms with Gasteiger partial charge in [-0.15, -0.1) is 0 Å². The first-order chi connectivity index (χ1) is 5.18. The molecule has 0 fully saturated rings. The van der Waals surface area contributed by atoms with Gasteiger partial charge in [-0.05, 0) is 20.8 Å². The molecular weight excluding hydrogens is 144 g/mol. The van der Waals surface area contributed by atoms with Crippen LogP contribution in [0.15, 0.2) is 9.98 Å². The van der Waals surface area contributed by atoms with Crippen molar-refractivity contribution in [2.45, 2.75) is 26.8 Å². The zero-order valence-corrected chi connectivity index (χ0v) is 7.00. The van der Waals surface area contributed by atoms with Crippen LogP contribution in [0, 0.1) is 0 Å². The fourth-order valence-electron chi connectivity index (χ4n) is 0.170. The Balaban J connectivity index is 0. The average molecular weight is 156 g/mol. The normalized spacial score (nSPS) is 6.91. The summed E-state index contributed by atoms with van der Waals surface area (Å²) >= 11 is 0. The molecule has 0 amide bonds. The molecule has 0 aliphatic rings. The summed E-state index contributed by atoms with van der Waals surface area (Å²) in [5.41, 5.74) is 0. The van der Waals surface area contributed by atoms with Gasteiger partial charge in [-0.1, -0.05) is 0 Å². The Morgan fingerprint density at radius 2 is 1.82 bits per heavy atom. The zero-order valence-electron chi connectivity index (χ0n) is 7.00. The van der Waals surface area contributed by atoms with Crippen LogP contribution in [0.5, 0.6) is 0 Å². The fourth-order valence-corrected chi connectivity index (χ4v) is 0.170. The first-order valence-corrected chi connectivity index (χ1v) is 3.29. The van der Waals surface area contributed by atoms with E-state index >= 15 is 0 Å². The van der Waals surface area contributed by atoms with E-state index in [1.165, 1.54) is 12.2 Å². The Morgan fingerprint density at radius 1 is 1.27 bits per heavy atom. The van der Waals surface area contributed by atoms with Gasteiger partial charge >= 0.3 is 0 Å². The number of carbonyl (C=O) groups excluding carboxylic acids is 2. The minimum Gasteiger partial charge on any atom is -0.211 e. The molecule has 0 aliphatic heterocycles. The van der Waals surface area contributed by atoms with E-state index in [0.717, 1.165) is 0 Å². The second-order valence-electron chi connectivity index (χ2n) is 1.88. The number of nitrogens with zero attached hydrogens (tertiary/aromatic N) is 2. The van der Waals surface area contributed by atoms with Crippen LogP contribution in [0.2, 0.25) is 0 Å². The molecule has 0 bridgehead atoms. The Morgan fingerprint density at radius 3 is 1.82 bits per heavy atom. The molecule has 0 saturated heterocycles. The lowest BCUT2D eigenvalue weighted by Gasteiger charge is -1.82. The number of isocyanates is 2. The number of hydrogen-bond acceptors (Lipinski definition) is 4. The lowest BCUT2D eigenvalue weighted by atomic mass is 10.4. The van der Waals surface area contributed by atoms with Gasteiger partial charge in [0, 0.05) is 6.54 Å². The molecule has 0 aromatic carbocycles. The highest BCUT2D eigenvalue weighted by Crippen LogP contribution is 1.78. The Labute approximate surface area is 66.0 Å². The summed E-state index contributed by atoms with van der Waals surface area (Å²) < 4.78 is 0. The van der Waals surface area contributed by atoms with Gasteiger partial charge in [0.25, 0.3) is 0 Å². The van der Waals surface area contributed by atoms with E-state index in [-0.39, 0.29) is 6.04 Å². The van der Waals surface area contributed by atoms with Crippen molar-refractivity contribution in [3.63, 3.8) is 0 Å². The van der Waals surface area contributed by atoms with Crippen molar-refractivity contribution >= 4 is 12.2 Å². The Bertz CT molecular complexity index is 165. The maximum atomic E-state index is 9.32. The predicted octanol–water partition coefficient (Wildman–Crippen LogP) is 1.07. The molecule has 0 aromatic heterocycles. The second kappa shape index (κ2) is 11.5. The maximum Gasteiger partial charge on any atom is 0.235 e. The van der Waals surface area contributed by atoms with Crippen LogP contribution in [0.1, 0.15) is 20.8 Å². The van der Waals surface area contributed by atoms with Crippen molar-refractivity contribution in [1.29, 1.82) is 0 Å². The lowest BCUT2D eigenvalue weighted by molar-refractivity contribution is 0.560. The first-order valence-electron chi connectivity index (χ1n) is 3.29. The van der Waals surface area contributed by atoms with Gasteiger partial charge in [-0.3, -0.25) is 0 Å².